The van der Waals surface area contributed by atoms with Crippen LogP contribution < -0.4 is 5.73 Å². The highest BCUT2D eigenvalue weighted by molar-refractivity contribution is 5.75. The molecule has 0 aromatic heterocycles. The van der Waals surface area contributed by atoms with Crippen molar-refractivity contribution < 1.29 is 4.79 Å². The molecular formula is C14H31N3O. The van der Waals surface area contributed by atoms with Crippen LogP contribution in [0.5, 0.6) is 0 Å². The lowest BCUT2D eigenvalue weighted by Gasteiger charge is -2.31. The number of carbonyl (C=O) groups excluding carboxylic acids is 1. The zero-order valence-electron chi connectivity index (χ0n) is 12.8. The summed E-state index contributed by atoms with van der Waals surface area (Å²) in [5.41, 5.74) is 5.93. The summed E-state index contributed by atoms with van der Waals surface area (Å²) in [4.78, 5) is 15.6. The van der Waals surface area contributed by atoms with E-state index < -0.39 is 0 Å². The Bertz CT molecular complexity index is 239. The molecule has 0 saturated carbocycles. The largest absolute Gasteiger partial charge is 0.349 e. The van der Waals surface area contributed by atoms with Crippen molar-refractivity contribution in [3.05, 3.63) is 0 Å². The summed E-state index contributed by atoms with van der Waals surface area (Å²) in [5.74, 6) is 0.213. The first-order chi connectivity index (χ1) is 8.32. The Morgan fingerprint density at radius 2 is 1.83 bits per heavy atom. The molecule has 0 unspecified atom stereocenters. The fourth-order valence-corrected chi connectivity index (χ4v) is 1.93. The van der Waals surface area contributed by atoms with Crippen molar-refractivity contribution in [3.63, 3.8) is 0 Å². The van der Waals surface area contributed by atoms with Crippen molar-refractivity contribution in [1.82, 2.24) is 9.80 Å². The molecule has 0 saturated heterocycles. The van der Waals surface area contributed by atoms with Gasteiger partial charge in [-0.15, -0.1) is 0 Å². The molecule has 0 radical (unpaired) electrons. The number of hydrogen-bond acceptors (Lipinski definition) is 3. The van der Waals surface area contributed by atoms with E-state index in [4.69, 9.17) is 5.73 Å². The van der Waals surface area contributed by atoms with Crippen LogP contribution in [0.4, 0.5) is 0 Å². The van der Waals surface area contributed by atoms with Crippen LogP contribution in [0.1, 0.15) is 40.0 Å². The third-order valence-electron chi connectivity index (χ3n) is 3.11. The van der Waals surface area contributed by atoms with Crippen molar-refractivity contribution in [2.45, 2.75) is 40.0 Å². The maximum atomic E-state index is 11.5. The molecule has 18 heavy (non-hydrogen) atoms. The van der Waals surface area contributed by atoms with E-state index in [0.717, 1.165) is 32.5 Å². The number of amides is 1. The Balaban J connectivity index is 4.08. The Kier molecular flexibility index (Phi) is 8.20. The summed E-state index contributed by atoms with van der Waals surface area (Å²) in [5, 5.41) is 0. The lowest BCUT2D eigenvalue weighted by Crippen LogP contribution is -2.39. The van der Waals surface area contributed by atoms with E-state index in [1.165, 1.54) is 0 Å². The Morgan fingerprint density at radius 3 is 2.28 bits per heavy atom. The summed E-state index contributed by atoms with van der Waals surface area (Å²) in [7, 11) is 3.62. The van der Waals surface area contributed by atoms with Crippen LogP contribution in [0.15, 0.2) is 0 Å². The highest BCUT2D eigenvalue weighted by Crippen LogP contribution is 2.15. The maximum absolute atomic E-state index is 11.5. The fraction of sp³-hybridized carbons (Fsp3) is 0.929. The minimum absolute atomic E-state index is 0.153. The van der Waals surface area contributed by atoms with Crippen LogP contribution in [0.25, 0.3) is 0 Å². The molecule has 0 aliphatic rings. The van der Waals surface area contributed by atoms with Gasteiger partial charge in [-0.1, -0.05) is 20.8 Å². The van der Waals surface area contributed by atoms with Crippen molar-refractivity contribution in [3.8, 4) is 0 Å². The van der Waals surface area contributed by atoms with Gasteiger partial charge < -0.3 is 15.5 Å². The van der Waals surface area contributed by atoms with Crippen molar-refractivity contribution >= 4 is 5.91 Å². The fourth-order valence-electron chi connectivity index (χ4n) is 1.93. The zero-order chi connectivity index (χ0) is 14.2. The van der Waals surface area contributed by atoms with E-state index in [9.17, 15) is 4.79 Å². The van der Waals surface area contributed by atoms with Gasteiger partial charge >= 0.3 is 0 Å². The first-order valence-electron chi connectivity index (χ1n) is 6.95. The lowest BCUT2D eigenvalue weighted by atomic mass is 9.93. The highest BCUT2D eigenvalue weighted by Gasteiger charge is 2.19. The standard InChI is InChI=1S/C14H31N3O/c1-6-9-17(12-14(2,3)11-15)10-7-8-13(18)16(4)5/h6-12,15H2,1-5H3. The average Bonchev–Trinajstić information content (AvgIpc) is 2.28. The molecule has 2 N–H and O–H groups in total. The minimum Gasteiger partial charge on any atom is -0.349 e. The predicted molar refractivity (Wildman–Crippen MR) is 77.5 cm³/mol. The van der Waals surface area contributed by atoms with E-state index in [-0.39, 0.29) is 11.3 Å². The van der Waals surface area contributed by atoms with Crippen LogP contribution in [-0.4, -0.2) is 56.0 Å². The molecule has 0 heterocycles. The highest BCUT2D eigenvalue weighted by atomic mass is 16.2. The molecule has 0 aromatic rings. The first kappa shape index (κ1) is 17.4. The maximum Gasteiger partial charge on any atom is 0.222 e. The van der Waals surface area contributed by atoms with Gasteiger partial charge in [0.15, 0.2) is 0 Å². The zero-order valence-corrected chi connectivity index (χ0v) is 12.8. The van der Waals surface area contributed by atoms with Crippen LogP contribution in [0, 0.1) is 5.41 Å². The number of carbonyl (C=O) groups is 1. The summed E-state index contributed by atoms with van der Waals surface area (Å²) in [6, 6.07) is 0. The second-order valence-electron chi connectivity index (χ2n) is 6.04. The Morgan fingerprint density at radius 1 is 1.22 bits per heavy atom. The third kappa shape index (κ3) is 7.67. The predicted octanol–water partition coefficient (Wildman–Crippen LogP) is 1.55. The monoisotopic (exact) mass is 257 g/mol. The van der Waals surface area contributed by atoms with E-state index in [2.05, 4.69) is 25.7 Å². The van der Waals surface area contributed by atoms with Crippen LogP contribution in [0.3, 0.4) is 0 Å². The molecule has 108 valence electrons. The first-order valence-corrected chi connectivity index (χ1v) is 6.95. The molecule has 0 bridgehead atoms. The molecule has 0 aliphatic heterocycles. The summed E-state index contributed by atoms with van der Waals surface area (Å²) >= 11 is 0. The van der Waals surface area contributed by atoms with Gasteiger partial charge in [-0.25, -0.2) is 0 Å². The van der Waals surface area contributed by atoms with Gasteiger partial charge in [-0.05, 0) is 37.9 Å². The minimum atomic E-state index is 0.153. The second-order valence-corrected chi connectivity index (χ2v) is 6.04. The number of hydrogen-bond donors (Lipinski definition) is 1. The van der Waals surface area contributed by atoms with E-state index >= 15 is 0 Å². The van der Waals surface area contributed by atoms with E-state index in [0.29, 0.717) is 13.0 Å². The molecule has 0 aromatic carbocycles. The van der Waals surface area contributed by atoms with Gasteiger partial charge in [0, 0.05) is 27.1 Å². The number of nitrogens with zero attached hydrogens (tertiary/aromatic N) is 2. The van der Waals surface area contributed by atoms with Crippen LogP contribution in [0.2, 0.25) is 0 Å². The van der Waals surface area contributed by atoms with E-state index in [1.54, 1.807) is 4.90 Å². The molecule has 0 rings (SSSR count). The molecule has 0 aliphatic carbocycles. The van der Waals surface area contributed by atoms with Gasteiger partial charge in [0.2, 0.25) is 5.91 Å². The molecule has 0 atom stereocenters. The van der Waals surface area contributed by atoms with Gasteiger partial charge in [-0.2, -0.15) is 0 Å². The molecule has 0 fully saturated rings. The smallest absolute Gasteiger partial charge is 0.222 e. The summed E-state index contributed by atoms with van der Waals surface area (Å²) < 4.78 is 0. The normalized spacial score (nSPS) is 11.9. The van der Waals surface area contributed by atoms with Crippen LogP contribution in [-0.2, 0) is 4.79 Å². The van der Waals surface area contributed by atoms with Crippen molar-refractivity contribution in [2.75, 3.05) is 40.3 Å². The molecule has 1 amide bonds. The summed E-state index contributed by atoms with van der Waals surface area (Å²) in [6.07, 6.45) is 2.70. The number of rotatable bonds is 9. The third-order valence-corrected chi connectivity index (χ3v) is 3.11. The molecule has 4 heteroatoms. The summed E-state index contributed by atoms with van der Waals surface area (Å²) in [6.45, 7) is 10.3. The van der Waals surface area contributed by atoms with Crippen molar-refractivity contribution in [2.24, 2.45) is 11.1 Å². The molecule has 0 spiro atoms. The molecule has 4 nitrogen and oxygen atoms in total. The van der Waals surface area contributed by atoms with Gasteiger partial charge in [0.25, 0.3) is 0 Å². The SMILES string of the molecule is CCCN(CCCC(=O)N(C)C)CC(C)(C)CN. The van der Waals surface area contributed by atoms with E-state index in [1.807, 2.05) is 14.1 Å². The lowest BCUT2D eigenvalue weighted by molar-refractivity contribution is -0.128. The number of nitrogens with two attached hydrogens (primary N) is 1. The second kappa shape index (κ2) is 8.48. The topological polar surface area (TPSA) is 49.6 Å². The Hall–Kier alpha value is -0.610. The molecular weight excluding hydrogens is 226 g/mol. The van der Waals surface area contributed by atoms with Gasteiger partial charge in [0.1, 0.15) is 0 Å². The van der Waals surface area contributed by atoms with Crippen molar-refractivity contribution in [1.29, 1.82) is 0 Å². The Labute approximate surface area is 113 Å². The quantitative estimate of drug-likeness (QED) is 0.682. The van der Waals surface area contributed by atoms with Crippen LogP contribution >= 0.6 is 0 Å². The average molecular weight is 257 g/mol. The van der Waals surface area contributed by atoms with Gasteiger partial charge in [0.05, 0.1) is 0 Å². The van der Waals surface area contributed by atoms with Gasteiger partial charge in [-0.3, -0.25) is 4.79 Å².